The first-order valence-corrected chi connectivity index (χ1v) is 14.1. The van der Waals surface area contributed by atoms with Crippen molar-refractivity contribution in [2.45, 2.75) is 11.0 Å². The second kappa shape index (κ2) is 8.06. The first-order valence-electron chi connectivity index (χ1n) is 6.24. The standard InChI is InChI=1S/C10H18F6O6S4/c1-23(2,21-25(17,18)9(11,12)13)7-5-6-8-24(3,4)22-26(19,20)10(14,15)16/h5-6H,7-8H2,1-4H3/b6-5+. The van der Waals surface area contributed by atoms with Crippen molar-refractivity contribution in [2.75, 3.05) is 36.5 Å². The van der Waals surface area contributed by atoms with Gasteiger partial charge in [-0.1, -0.05) is 12.2 Å². The van der Waals surface area contributed by atoms with E-state index in [4.69, 9.17) is 0 Å². The van der Waals surface area contributed by atoms with Crippen molar-refractivity contribution < 1.29 is 50.4 Å². The molecule has 0 fully saturated rings. The van der Waals surface area contributed by atoms with E-state index in [0.717, 1.165) is 25.0 Å². The second-order valence-corrected chi connectivity index (χ2v) is 15.9. The molecule has 0 radical (unpaired) electrons. The Morgan fingerprint density at radius 1 is 0.654 bits per heavy atom. The lowest BCUT2D eigenvalue weighted by molar-refractivity contribution is -0.0500. The molecule has 0 aliphatic carbocycles. The third-order valence-corrected chi connectivity index (χ3v) is 9.78. The predicted octanol–water partition coefficient (Wildman–Crippen LogP) is 3.23. The Bertz CT molecular complexity index is 658. The van der Waals surface area contributed by atoms with E-state index < -0.39 is 51.9 Å². The molecule has 0 unspecified atom stereocenters. The predicted molar refractivity (Wildman–Crippen MR) is 89.9 cm³/mol. The Hall–Kier alpha value is -0.160. The Morgan fingerprint density at radius 2 is 0.885 bits per heavy atom. The van der Waals surface area contributed by atoms with E-state index in [1.165, 1.54) is 12.2 Å². The molecule has 0 rings (SSSR count). The number of rotatable bonds is 8. The van der Waals surface area contributed by atoms with Gasteiger partial charge < -0.3 is 0 Å². The molecule has 0 N–H and O–H groups in total. The molecule has 0 aromatic carbocycles. The van der Waals surface area contributed by atoms with E-state index in [1.54, 1.807) is 0 Å². The van der Waals surface area contributed by atoms with Gasteiger partial charge in [-0.2, -0.15) is 43.2 Å². The third-order valence-electron chi connectivity index (χ3n) is 2.28. The molecule has 0 aliphatic rings. The normalized spacial score (nSPS) is 16.8. The van der Waals surface area contributed by atoms with Gasteiger partial charge in [0.1, 0.15) is 0 Å². The summed E-state index contributed by atoms with van der Waals surface area (Å²) in [6.07, 6.45) is 6.96. The fourth-order valence-corrected chi connectivity index (χ4v) is 7.36. The van der Waals surface area contributed by atoms with Crippen LogP contribution in [0.4, 0.5) is 26.3 Å². The molecule has 0 heterocycles. The zero-order valence-corrected chi connectivity index (χ0v) is 17.2. The Balaban J connectivity index is 4.90. The highest BCUT2D eigenvalue weighted by Gasteiger charge is 2.50. The molecule has 0 aliphatic heterocycles. The van der Waals surface area contributed by atoms with Gasteiger partial charge in [-0.15, -0.1) is 20.6 Å². The maximum atomic E-state index is 12.3. The van der Waals surface area contributed by atoms with Crippen LogP contribution >= 0.6 is 20.6 Å². The quantitative estimate of drug-likeness (QED) is 0.304. The highest BCUT2D eigenvalue weighted by molar-refractivity contribution is 8.32. The van der Waals surface area contributed by atoms with Gasteiger partial charge in [-0.25, -0.2) is 7.26 Å². The van der Waals surface area contributed by atoms with Crippen molar-refractivity contribution in [2.24, 2.45) is 0 Å². The summed E-state index contributed by atoms with van der Waals surface area (Å²) in [6, 6.07) is 0. The van der Waals surface area contributed by atoms with Crippen LogP contribution in [0, 0.1) is 0 Å². The van der Waals surface area contributed by atoms with Crippen molar-refractivity contribution in [3.05, 3.63) is 12.2 Å². The molecule has 16 heteroatoms. The topological polar surface area (TPSA) is 86.7 Å². The molecule has 0 bridgehead atoms. The van der Waals surface area contributed by atoms with E-state index in [0.29, 0.717) is 0 Å². The number of hydrogen-bond donors (Lipinski definition) is 0. The largest absolute Gasteiger partial charge is 0.523 e. The molecule has 0 atom stereocenters. The van der Waals surface area contributed by atoms with Gasteiger partial charge in [-0.05, 0) is 25.0 Å². The van der Waals surface area contributed by atoms with Gasteiger partial charge in [0.2, 0.25) is 0 Å². The van der Waals surface area contributed by atoms with Crippen LogP contribution in [0.3, 0.4) is 0 Å². The molecule has 0 amide bonds. The maximum Gasteiger partial charge on any atom is 0.523 e. The van der Waals surface area contributed by atoms with Crippen LogP contribution < -0.4 is 0 Å². The number of hydrogen-bond acceptors (Lipinski definition) is 6. The third kappa shape index (κ3) is 8.24. The van der Waals surface area contributed by atoms with Crippen molar-refractivity contribution in [3.63, 3.8) is 0 Å². The van der Waals surface area contributed by atoms with Crippen LogP contribution in [-0.2, 0) is 27.5 Å². The first-order chi connectivity index (χ1) is 11.1. The Labute approximate surface area is 151 Å². The van der Waals surface area contributed by atoms with E-state index in [1.807, 2.05) is 0 Å². The Kier molecular flexibility index (Phi) is 8.01. The molecular formula is C10H18F6O6S4. The molecule has 0 aromatic rings. The monoisotopic (exact) mass is 476 g/mol. The minimum atomic E-state index is -5.78. The minimum Gasteiger partial charge on any atom is -0.213 e. The summed E-state index contributed by atoms with van der Waals surface area (Å²) in [5, 5.41) is 0. The highest BCUT2D eigenvalue weighted by Crippen LogP contribution is 2.48. The van der Waals surface area contributed by atoms with Crippen LogP contribution in [0.5, 0.6) is 0 Å². The lowest BCUT2D eigenvalue weighted by Crippen LogP contribution is -2.27. The first kappa shape index (κ1) is 25.8. The van der Waals surface area contributed by atoms with Gasteiger partial charge >= 0.3 is 31.3 Å². The van der Waals surface area contributed by atoms with E-state index in [2.05, 4.69) is 7.26 Å². The van der Waals surface area contributed by atoms with Gasteiger partial charge in [0, 0.05) is 11.5 Å². The summed E-state index contributed by atoms with van der Waals surface area (Å²) in [7, 11) is -17.0. The fraction of sp³-hybridized carbons (Fsp3) is 0.800. The maximum absolute atomic E-state index is 12.3. The van der Waals surface area contributed by atoms with Gasteiger partial charge in [0.25, 0.3) is 0 Å². The molecule has 26 heavy (non-hydrogen) atoms. The Morgan fingerprint density at radius 3 is 1.08 bits per heavy atom. The van der Waals surface area contributed by atoms with Crippen molar-refractivity contribution >= 4 is 40.9 Å². The second-order valence-electron chi connectivity index (χ2n) is 5.61. The average molecular weight is 477 g/mol. The van der Waals surface area contributed by atoms with Crippen LogP contribution in [0.15, 0.2) is 12.2 Å². The molecule has 0 aromatic heterocycles. The summed E-state index contributed by atoms with van der Waals surface area (Å²) in [4.78, 5) is 0. The van der Waals surface area contributed by atoms with Crippen LogP contribution in [0.2, 0.25) is 0 Å². The molecule has 0 spiro atoms. The molecular weight excluding hydrogens is 458 g/mol. The summed E-state index contributed by atoms with van der Waals surface area (Å²) >= 11 is 0. The van der Waals surface area contributed by atoms with Crippen molar-refractivity contribution in [1.29, 1.82) is 0 Å². The SMILES string of the molecule is CS(C)(C/C=C/CS(C)(C)OS(=O)(=O)C(F)(F)F)OS(=O)(=O)C(F)(F)F. The number of alkyl halides is 6. The molecule has 0 saturated heterocycles. The zero-order chi connectivity index (χ0) is 21.2. The van der Waals surface area contributed by atoms with Crippen LogP contribution in [-0.4, -0.2) is 64.4 Å². The zero-order valence-electron chi connectivity index (χ0n) is 13.9. The lowest BCUT2D eigenvalue weighted by Gasteiger charge is -2.30. The highest BCUT2D eigenvalue weighted by atomic mass is 32.3. The van der Waals surface area contributed by atoms with Crippen LogP contribution in [0.25, 0.3) is 0 Å². The van der Waals surface area contributed by atoms with Crippen molar-refractivity contribution in [1.82, 2.24) is 0 Å². The van der Waals surface area contributed by atoms with Crippen molar-refractivity contribution in [3.8, 4) is 0 Å². The van der Waals surface area contributed by atoms with E-state index in [9.17, 15) is 43.2 Å². The average Bonchev–Trinajstić information content (AvgIpc) is 2.29. The van der Waals surface area contributed by atoms with E-state index in [-0.39, 0.29) is 11.5 Å². The minimum absolute atomic E-state index is 0.260. The summed E-state index contributed by atoms with van der Waals surface area (Å²) in [5.74, 6) is -0.520. The fourth-order valence-electron chi connectivity index (χ4n) is 1.22. The lowest BCUT2D eigenvalue weighted by atomic mass is 10.6. The molecule has 6 nitrogen and oxygen atoms in total. The summed E-state index contributed by atoms with van der Waals surface area (Å²) in [5.41, 5.74) is -11.2. The smallest absolute Gasteiger partial charge is 0.213 e. The molecule has 160 valence electrons. The summed E-state index contributed by atoms with van der Waals surface area (Å²) < 4.78 is 126. The van der Waals surface area contributed by atoms with E-state index >= 15 is 0 Å². The number of halogens is 6. The van der Waals surface area contributed by atoms with Crippen LogP contribution in [0.1, 0.15) is 0 Å². The van der Waals surface area contributed by atoms with Gasteiger partial charge in [0.15, 0.2) is 0 Å². The van der Waals surface area contributed by atoms with Gasteiger partial charge in [-0.3, -0.25) is 0 Å². The summed E-state index contributed by atoms with van der Waals surface area (Å²) in [6.45, 7) is 0. The van der Waals surface area contributed by atoms with Gasteiger partial charge in [0.05, 0.1) is 0 Å². The molecule has 0 saturated carbocycles.